The summed E-state index contributed by atoms with van der Waals surface area (Å²) in [6.45, 7) is 9.45. The van der Waals surface area contributed by atoms with E-state index in [-0.39, 0.29) is 10.8 Å². The molecular weight excluding hydrogens is 721 g/mol. The van der Waals surface area contributed by atoms with Crippen molar-refractivity contribution >= 4 is 21.5 Å². The smallest absolute Gasteiger partial charge is 0.0210 e. The van der Waals surface area contributed by atoms with E-state index in [1.54, 1.807) is 0 Å². The van der Waals surface area contributed by atoms with Crippen LogP contribution in [0.3, 0.4) is 0 Å². The quantitative estimate of drug-likeness (QED) is 0.144. The summed E-state index contributed by atoms with van der Waals surface area (Å²) in [4.78, 5) is 0. The van der Waals surface area contributed by atoms with Crippen molar-refractivity contribution in [2.45, 2.75) is 64.2 Å². The molecule has 2 aliphatic carbocycles. The maximum atomic E-state index is 2.50. The molecule has 0 spiro atoms. The lowest BCUT2D eigenvalue weighted by molar-refractivity contribution is 0.490. The summed E-state index contributed by atoms with van der Waals surface area (Å²) >= 11 is 0. The molecule has 0 nitrogen and oxygen atoms in total. The molecule has 0 atom stereocenters. The van der Waals surface area contributed by atoms with E-state index in [0.717, 1.165) is 25.7 Å². The van der Waals surface area contributed by atoms with Gasteiger partial charge in [-0.3, -0.25) is 0 Å². The molecule has 0 saturated heterocycles. The lowest BCUT2D eigenvalue weighted by Crippen LogP contribution is -2.23. The van der Waals surface area contributed by atoms with Gasteiger partial charge in [-0.2, -0.15) is 0 Å². The van der Waals surface area contributed by atoms with Crippen LogP contribution < -0.4 is 0 Å². The Labute approximate surface area is 355 Å². The standard InChI is InChI=1S/C60H50/c1-5-59(6-2)55-16-12-11-15-51(55)52-30-27-48(36-56(52)59)40-17-19-41(20-18-40)49-28-31-53-54-32-29-50(38-58(54)60(7-3,8-4)57(53)37-49)47-26-25-45-34-44(23-24-46(45)35-47)43-22-21-39-13-9-10-14-42(39)33-43/h9-38H,5-8H2,1-4H3. The summed E-state index contributed by atoms with van der Waals surface area (Å²) < 4.78 is 0. The first-order chi connectivity index (χ1) is 29.5. The van der Waals surface area contributed by atoms with Gasteiger partial charge in [0.05, 0.1) is 0 Å². The third-order valence-corrected chi connectivity index (χ3v) is 14.9. The topological polar surface area (TPSA) is 0 Å². The summed E-state index contributed by atoms with van der Waals surface area (Å²) in [6, 6.07) is 69.2. The Morgan fingerprint density at radius 2 is 0.550 bits per heavy atom. The van der Waals surface area contributed by atoms with E-state index in [0.29, 0.717) is 0 Å². The van der Waals surface area contributed by atoms with Gasteiger partial charge in [-0.15, -0.1) is 0 Å². The highest BCUT2D eigenvalue weighted by molar-refractivity contribution is 5.94. The van der Waals surface area contributed by atoms with E-state index < -0.39 is 0 Å². The Morgan fingerprint density at radius 3 is 1.02 bits per heavy atom. The largest absolute Gasteiger partial charge is 0.0642 e. The lowest BCUT2D eigenvalue weighted by Gasteiger charge is -2.30. The van der Waals surface area contributed by atoms with Gasteiger partial charge in [0, 0.05) is 10.8 Å². The molecule has 2 aliphatic rings. The highest BCUT2D eigenvalue weighted by Crippen LogP contribution is 2.55. The molecule has 0 aliphatic heterocycles. The molecule has 0 unspecified atom stereocenters. The average molecular weight is 771 g/mol. The molecular formula is C60H50. The van der Waals surface area contributed by atoms with Gasteiger partial charge in [0.2, 0.25) is 0 Å². The van der Waals surface area contributed by atoms with Crippen molar-refractivity contribution in [2.75, 3.05) is 0 Å². The molecule has 0 heterocycles. The SMILES string of the molecule is CCC1(CC)c2ccccc2-c2ccc(-c3ccc(-c4ccc5c(c4)C(CC)(CC)c4cc(-c6ccc7cc(-c8ccc9ccccc9c8)ccc7c6)ccc4-5)cc3)cc21. The predicted molar refractivity (Wildman–Crippen MR) is 257 cm³/mol. The number of benzene rings is 9. The van der Waals surface area contributed by atoms with Gasteiger partial charge in [-0.05, 0) is 173 Å². The Bertz CT molecular complexity index is 3130. The minimum absolute atomic E-state index is 0.0325. The van der Waals surface area contributed by atoms with Crippen LogP contribution in [-0.2, 0) is 10.8 Å². The maximum absolute atomic E-state index is 2.50. The zero-order valence-corrected chi connectivity index (χ0v) is 35.1. The van der Waals surface area contributed by atoms with E-state index in [4.69, 9.17) is 0 Å². The molecule has 0 radical (unpaired) electrons. The van der Waals surface area contributed by atoms with Crippen molar-refractivity contribution in [3.8, 4) is 66.8 Å². The first kappa shape index (κ1) is 36.6. The zero-order valence-electron chi connectivity index (χ0n) is 35.1. The number of rotatable bonds is 8. The molecule has 9 aromatic carbocycles. The molecule has 0 heteroatoms. The van der Waals surface area contributed by atoms with Crippen LogP contribution in [0.5, 0.6) is 0 Å². The van der Waals surface area contributed by atoms with Crippen LogP contribution in [0.25, 0.3) is 88.3 Å². The molecule has 60 heavy (non-hydrogen) atoms. The molecule has 0 fully saturated rings. The van der Waals surface area contributed by atoms with Gasteiger partial charge in [0.15, 0.2) is 0 Å². The van der Waals surface area contributed by atoms with Crippen LogP contribution in [0, 0.1) is 0 Å². The number of hydrogen-bond donors (Lipinski definition) is 0. The predicted octanol–water partition coefficient (Wildman–Crippen LogP) is 16.8. The third-order valence-electron chi connectivity index (χ3n) is 14.9. The number of fused-ring (bicyclic) bond motifs is 8. The van der Waals surface area contributed by atoms with Crippen LogP contribution in [0.1, 0.15) is 75.6 Å². The van der Waals surface area contributed by atoms with E-state index in [1.165, 1.54) is 111 Å². The lowest BCUT2D eigenvalue weighted by atomic mass is 9.73. The van der Waals surface area contributed by atoms with Crippen LogP contribution in [0.2, 0.25) is 0 Å². The molecule has 0 saturated carbocycles. The van der Waals surface area contributed by atoms with Crippen LogP contribution in [0.4, 0.5) is 0 Å². The Balaban J connectivity index is 0.895. The van der Waals surface area contributed by atoms with Crippen molar-refractivity contribution in [1.29, 1.82) is 0 Å². The van der Waals surface area contributed by atoms with E-state index in [1.807, 2.05) is 0 Å². The summed E-state index contributed by atoms with van der Waals surface area (Å²) in [5, 5.41) is 5.09. The highest BCUT2D eigenvalue weighted by Gasteiger charge is 2.42. The molecule has 0 N–H and O–H groups in total. The second-order valence-corrected chi connectivity index (χ2v) is 17.3. The van der Waals surface area contributed by atoms with Crippen molar-refractivity contribution in [3.63, 3.8) is 0 Å². The minimum atomic E-state index is -0.0325. The zero-order chi connectivity index (χ0) is 40.6. The average Bonchev–Trinajstić information content (AvgIpc) is 3.76. The van der Waals surface area contributed by atoms with E-state index >= 15 is 0 Å². The second kappa shape index (κ2) is 14.1. The first-order valence-electron chi connectivity index (χ1n) is 22.1. The Hall–Kier alpha value is -6.50. The van der Waals surface area contributed by atoms with Gasteiger partial charge in [-0.1, -0.05) is 173 Å². The van der Waals surface area contributed by atoms with Crippen LogP contribution in [-0.4, -0.2) is 0 Å². The monoisotopic (exact) mass is 770 g/mol. The fourth-order valence-corrected chi connectivity index (χ4v) is 11.3. The molecule has 0 aromatic heterocycles. The van der Waals surface area contributed by atoms with E-state index in [2.05, 4.69) is 210 Å². The van der Waals surface area contributed by atoms with Crippen molar-refractivity contribution in [1.82, 2.24) is 0 Å². The Kier molecular flexibility index (Phi) is 8.57. The van der Waals surface area contributed by atoms with Crippen molar-refractivity contribution in [2.24, 2.45) is 0 Å². The number of hydrogen-bond acceptors (Lipinski definition) is 0. The first-order valence-corrected chi connectivity index (χ1v) is 22.1. The Morgan fingerprint density at radius 1 is 0.250 bits per heavy atom. The molecule has 9 aromatic rings. The minimum Gasteiger partial charge on any atom is -0.0642 e. The molecule has 0 bridgehead atoms. The highest BCUT2D eigenvalue weighted by atomic mass is 14.4. The maximum Gasteiger partial charge on any atom is 0.0210 e. The van der Waals surface area contributed by atoms with Crippen molar-refractivity contribution < 1.29 is 0 Å². The molecule has 11 rings (SSSR count). The van der Waals surface area contributed by atoms with Crippen LogP contribution in [0.15, 0.2) is 182 Å². The fourth-order valence-electron chi connectivity index (χ4n) is 11.3. The normalized spacial score (nSPS) is 14.2. The summed E-state index contributed by atoms with van der Waals surface area (Å²) in [7, 11) is 0. The third kappa shape index (κ3) is 5.43. The molecule has 0 amide bonds. The van der Waals surface area contributed by atoms with Gasteiger partial charge in [-0.25, -0.2) is 0 Å². The van der Waals surface area contributed by atoms with Crippen molar-refractivity contribution in [3.05, 3.63) is 204 Å². The van der Waals surface area contributed by atoms with Gasteiger partial charge in [0.25, 0.3) is 0 Å². The molecule has 290 valence electrons. The summed E-state index contributed by atoms with van der Waals surface area (Å²) in [6.07, 6.45) is 4.33. The second-order valence-electron chi connectivity index (χ2n) is 17.3. The summed E-state index contributed by atoms with van der Waals surface area (Å²) in [5.74, 6) is 0. The van der Waals surface area contributed by atoms with Gasteiger partial charge >= 0.3 is 0 Å². The fraction of sp³-hybridized carbons (Fsp3) is 0.167. The van der Waals surface area contributed by atoms with E-state index in [9.17, 15) is 0 Å². The van der Waals surface area contributed by atoms with Crippen LogP contribution >= 0.6 is 0 Å². The van der Waals surface area contributed by atoms with Gasteiger partial charge < -0.3 is 0 Å². The van der Waals surface area contributed by atoms with Gasteiger partial charge in [0.1, 0.15) is 0 Å². The summed E-state index contributed by atoms with van der Waals surface area (Å²) in [5.41, 5.74) is 21.7.